The Labute approximate surface area is 208 Å². The fourth-order valence-electron chi connectivity index (χ4n) is 4.82. The summed E-state index contributed by atoms with van der Waals surface area (Å²) in [5.74, 6) is 0.573. The zero-order chi connectivity index (χ0) is 23.8. The Balaban J connectivity index is 1.37. The molecule has 1 amide bonds. The molecule has 3 aromatic carbocycles. The number of fused-ring (bicyclic) bond motifs is 2. The molecule has 1 atom stereocenters. The van der Waals surface area contributed by atoms with Crippen LogP contribution in [-0.4, -0.2) is 44.1 Å². The Morgan fingerprint density at radius 1 is 0.943 bits per heavy atom. The van der Waals surface area contributed by atoms with Gasteiger partial charge in [-0.15, -0.1) is 0 Å². The quantitative estimate of drug-likeness (QED) is 0.432. The molecule has 6 rings (SSSR count). The fourth-order valence-corrected chi connectivity index (χ4v) is 4.95. The molecule has 0 saturated carbocycles. The lowest BCUT2D eigenvalue weighted by molar-refractivity contribution is -0.130. The first-order chi connectivity index (χ1) is 17.2. The van der Waals surface area contributed by atoms with E-state index in [0.717, 1.165) is 23.2 Å². The van der Waals surface area contributed by atoms with Crippen molar-refractivity contribution in [2.24, 2.45) is 0 Å². The van der Waals surface area contributed by atoms with Crippen LogP contribution in [0.1, 0.15) is 28.3 Å². The molecular weight excluding hydrogens is 460 g/mol. The number of rotatable bonds is 4. The minimum atomic E-state index is -0.194. The Morgan fingerprint density at radius 2 is 1.69 bits per heavy atom. The van der Waals surface area contributed by atoms with Crippen LogP contribution in [0, 0.1) is 0 Å². The number of hydrogen-bond donors (Lipinski definition) is 0. The third-order valence-electron chi connectivity index (χ3n) is 6.64. The van der Waals surface area contributed by atoms with Gasteiger partial charge >= 0.3 is 0 Å². The molecule has 2 aliphatic rings. The molecule has 2 aliphatic heterocycles. The van der Waals surface area contributed by atoms with Crippen molar-refractivity contribution >= 4 is 29.2 Å². The molecular formula is C27H23ClN6O. The van der Waals surface area contributed by atoms with Gasteiger partial charge in [-0.05, 0) is 57.3 Å². The van der Waals surface area contributed by atoms with Crippen molar-refractivity contribution in [3.05, 3.63) is 112 Å². The summed E-state index contributed by atoms with van der Waals surface area (Å²) < 4.78 is 1.77. The van der Waals surface area contributed by atoms with Crippen LogP contribution >= 0.6 is 11.6 Å². The summed E-state index contributed by atoms with van der Waals surface area (Å²) in [6.45, 7) is 1.44. The van der Waals surface area contributed by atoms with Crippen molar-refractivity contribution in [3.63, 3.8) is 0 Å². The standard InChI is InChI=1S/C27H23ClN6O/c28-23-12-10-21(11-13-23)24-16-25(20-7-2-1-3-8-20)34-27(29-30-31-34)33(24)18-26(35)32-15-14-19-6-4-5-9-22(19)17-32/h1-13,16,25H,14-15,17-18H2/t25-/m0/s1. The average molecular weight is 483 g/mol. The second-order valence-electron chi connectivity index (χ2n) is 8.76. The SMILES string of the molecule is O=C(CN1C(c2ccc(Cl)cc2)=C[C@@H](c2ccccc2)n2nnnc21)N1CCc2ccccc2C1. The van der Waals surface area contributed by atoms with Crippen molar-refractivity contribution in [1.82, 2.24) is 25.1 Å². The van der Waals surface area contributed by atoms with Crippen molar-refractivity contribution in [1.29, 1.82) is 0 Å². The van der Waals surface area contributed by atoms with E-state index in [9.17, 15) is 4.79 Å². The summed E-state index contributed by atoms with van der Waals surface area (Å²) in [4.78, 5) is 17.4. The number of hydrogen-bond acceptors (Lipinski definition) is 5. The van der Waals surface area contributed by atoms with Crippen LogP contribution in [-0.2, 0) is 17.8 Å². The number of carbonyl (C=O) groups is 1. The maximum Gasteiger partial charge on any atom is 0.251 e. The van der Waals surface area contributed by atoms with Gasteiger partial charge in [0.05, 0.1) is 5.70 Å². The maximum absolute atomic E-state index is 13.5. The van der Waals surface area contributed by atoms with E-state index in [4.69, 9.17) is 11.6 Å². The van der Waals surface area contributed by atoms with Crippen LogP contribution < -0.4 is 4.90 Å². The van der Waals surface area contributed by atoms with Crippen LogP contribution in [0.2, 0.25) is 5.02 Å². The zero-order valence-corrected chi connectivity index (χ0v) is 19.7. The van der Waals surface area contributed by atoms with Crippen LogP contribution in [0.4, 0.5) is 5.95 Å². The topological polar surface area (TPSA) is 67.2 Å². The van der Waals surface area contributed by atoms with Crippen LogP contribution in [0.15, 0.2) is 84.9 Å². The Hall–Kier alpha value is -3.97. The number of halogens is 1. The Kier molecular flexibility index (Phi) is 5.54. The number of aromatic nitrogens is 4. The van der Waals surface area contributed by atoms with Gasteiger partial charge < -0.3 is 4.90 Å². The lowest BCUT2D eigenvalue weighted by Crippen LogP contribution is -2.44. The largest absolute Gasteiger partial charge is 0.336 e. The molecule has 0 unspecified atom stereocenters. The van der Waals surface area contributed by atoms with Gasteiger partial charge in [0.25, 0.3) is 5.95 Å². The predicted octanol–water partition coefficient (Wildman–Crippen LogP) is 4.36. The predicted molar refractivity (Wildman–Crippen MR) is 135 cm³/mol. The minimum Gasteiger partial charge on any atom is -0.336 e. The summed E-state index contributed by atoms with van der Waals surface area (Å²) in [6, 6.07) is 25.8. The number of amides is 1. The third-order valence-corrected chi connectivity index (χ3v) is 6.90. The summed E-state index contributed by atoms with van der Waals surface area (Å²) in [6.07, 6.45) is 2.97. The normalized spacial score (nSPS) is 16.9. The van der Waals surface area contributed by atoms with E-state index in [-0.39, 0.29) is 18.5 Å². The number of benzene rings is 3. The van der Waals surface area contributed by atoms with Crippen LogP contribution in [0.25, 0.3) is 5.70 Å². The maximum atomic E-state index is 13.5. The highest BCUT2D eigenvalue weighted by Crippen LogP contribution is 2.36. The first kappa shape index (κ1) is 21.6. The highest BCUT2D eigenvalue weighted by molar-refractivity contribution is 6.30. The van der Waals surface area contributed by atoms with E-state index in [1.807, 2.05) is 58.3 Å². The van der Waals surface area contributed by atoms with Gasteiger partial charge in [0, 0.05) is 18.1 Å². The van der Waals surface area contributed by atoms with E-state index >= 15 is 0 Å². The molecule has 0 spiro atoms. The summed E-state index contributed by atoms with van der Waals surface area (Å²) in [7, 11) is 0. The first-order valence-electron chi connectivity index (χ1n) is 11.6. The molecule has 8 heteroatoms. The number of nitrogens with zero attached hydrogens (tertiary/aromatic N) is 6. The summed E-state index contributed by atoms with van der Waals surface area (Å²) in [5.41, 5.74) is 5.40. The molecule has 0 saturated heterocycles. The van der Waals surface area contributed by atoms with Gasteiger partial charge in [-0.2, -0.15) is 4.68 Å². The second kappa shape index (κ2) is 9.00. The zero-order valence-electron chi connectivity index (χ0n) is 19.0. The molecule has 0 fully saturated rings. The van der Waals surface area contributed by atoms with Gasteiger partial charge in [-0.25, -0.2) is 0 Å². The van der Waals surface area contributed by atoms with Crippen molar-refractivity contribution in [2.45, 2.75) is 19.0 Å². The highest BCUT2D eigenvalue weighted by atomic mass is 35.5. The van der Waals surface area contributed by atoms with E-state index in [2.05, 4.69) is 51.9 Å². The van der Waals surface area contributed by atoms with Gasteiger partial charge in [0.2, 0.25) is 5.91 Å². The highest BCUT2D eigenvalue weighted by Gasteiger charge is 2.33. The first-order valence-corrected chi connectivity index (χ1v) is 12.0. The van der Waals surface area contributed by atoms with Crippen LogP contribution in [0.3, 0.4) is 0 Å². The molecule has 3 heterocycles. The van der Waals surface area contributed by atoms with Gasteiger partial charge in [0.1, 0.15) is 12.6 Å². The van der Waals surface area contributed by atoms with Gasteiger partial charge in [0.15, 0.2) is 0 Å². The molecule has 4 aromatic rings. The fraction of sp³-hybridized carbons (Fsp3) is 0.185. The molecule has 0 bridgehead atoms. The Morgan fingerprint density at radius 3 is 2.49 bits per heavy atom. The Bertz CT molecular complexity index is 1400. The number of carbonyl (C=O) groups excluding carboxylic acids is 1. The van der Waals surface area contributed by atoms with E-state index in [1.54, 1.807) is 4.68 Å². The molecule has 35 heavy (non-hydrogen) atoms. The van der Waals surface area contributed by atoms with E-state index in [0.29, 0.717) is 24.1 Å². The lowest BCUT2D eigenvalue weighted by atomic mass is 9.99. The average Bonchev–Trinajstić information content (AvgIpc) is 3.40. The smallest absolute Gasteiger partial charge is 0.251 e. The molecule has 174 valence electrons. The molecule has 0 aliphatic carbocycles. The second-order valence-corrected chi connectivity index (χ2v) is 9.19. The molecule has 1 aromatic heterocycles. The number of anilines is 1. The van der Waals surface area contributed by atoms with E-state index < -0.39 is 0 Å². The lowest BCUT2D eigenvalue weighted by Gasteiger charge is -2.35. The summed E-state index contributed by atoms with van der Waals surface area (Å²) >= 11 is 6.17. The van der Waals surface area contributed by atoms with E-state index in [1.165, 1.54) is 11.1 Å². The van der Waals surface area contributed by atoms with Crippen molar-refractivity contribution < 1.29 is 4.79 Å². The minimum absolute atomic E-state index is 0.0343. The molecule has 7 nitrogen and oxygen atoms in total. The van der Waals surface area contributed by atoms with Gasteiger partial charge in [-0.1, -0.05) is 83.4 Å². The molecule has 0 N–H and O–H groups in total. The van der Waals surface area contributed by atoms with Crippen molar-refractivity contribution in [2.75, 3.05) is 18.0 Å². The number of allylic oxidation sites excluding steroid dienone is 1. The van der Waals surface area contributed by atoms with Crippen molar-refractivity contribution in [3.8, 4) is 0 Å². The van der Waals surface area contributed by atoms with Gasteiger partial charge in [-0.3, -0.25) is 9.69 Å². The molecule has 0 radical (unpaired) electrons. The monoisotopic (exact) mass is 482 g/mol. The summed E-state index contributed by atoms with van der Waals surface area (Å²) in [5, 5.41) is 13.2. The van der Waals surface area contributed by atoms with Crippen LogP contribution in [0.5, 0.6) is 0 Å². The number of tetrazole rings is 1. The third kappa shape index (κ3) is 4.08.